The molecule has 0 amide bonds. The molecule has 128 valence electrons. The van der Waals surface area contributed by atoms with Crippen LogP contribution < -0.4 is 0 Å². The van der Waals surface area contributed by atoms with E-state index in [-0.39, 0.29) is 5.69 Å². The van der Waals surface area contributed by atoms with E-state index in [1.807, 2.05) is 0 Å². The SMILES string of the molecule is Cc1nnc(C)n1/N=C\c1ccc(Sc2nncn2C)c([N+](=O)[O-])c1. The van der Waals surface area contributed by atoms with E-state index in [2.05, 4.69) is 25.5 Å². The summed E-state index contributed by atoms with van der Waals surface area (Å²) in [6.07, 6.45) is 3.08. The van der Waals surface area contributed by atoms with Gasteiger partial charge < -0.3 is 4.57 Å². The highest BCUT2D eigenvalue weighted by atomic mass is 32.2. The van der Waals surface area contributed by atoms with Gasteiger partial charge in [0.1, 0.15) is 6.33 Å². The van der Waals surface area contributed by atoms with Crippen LogP contribution in [0.3, 0.4) is 0 Å². The Morgan fingerprint density at radius 2 is 1.96 bits per heavy atom. The molecule has 25 heavy (non-hydrogen) atoms. The van der Waals surface area contributed by atoms with Crippen LogP contribution in [0.1, 0.15) is 17.2 Å². The normalized spacial score (nSPS) is 11.3. The van der Waals surface area contributed by atoms with Gasteiger partial charge in [0.25, 0.3) is 5.69 Å². The fraction of sp³-hybridized carbons (Fsp3) is 0.214. The Morgan fingerprint density at radius 1 is 1.24 bits per heavy atom. The lowest BCUT2D eigenvalue weighted by Gasteiger charge is -2.03. The second-order valence-electron chi connectivity index (χ2n) is 5.16. The summed E-state index contributed by atoms with van der Waals surface area (Å²) in [6, 6.07) is 4.89. The Balaban J connectivity index is 1.91. The van der Waals surface area contributed by atoms with Crippen molar-refractivity contribution in [3.8, 4) is 0 Å². The van der Waals surface area contributed by atoms with Crippen LogP contribution in [0.25, 0.3) is 0 Å². The molecule has 0 bridgehead atoms. The minimum atomic E-state index is -0.425. The van der Waals surface area contributed by atoms with Gasteiger partial charge in [0, 0.05) is 18.7 Å². The van der Waals surface area contributed by atoms with Crippen LogP contribution >= 0.6 is 11.8 Å². The van der Waals surface area contributed by atoms with Crippen LogP contribution in [0.5, 0.6) is 0 Å². The maximum absolute atomic E-state index is 11.4. The molecule has 0 aliphatic carbocycles. The summed E-state index contributed by atoms with van der Waals surface area (Å²) >= 11 is 1.18. The Kier molecular flexibility index (Phi) is 4.57. The number of benzene rings is 1. The summed E-state index contributed by atoms with van der Waals surface area (Å²) in [7, 11) is 1.78. The minimum Gasteiger partial charge on any atom is -0.311 e. The van der Waals surface area contributed by atoms with Gasteiger partial charge in [-0.05, 0) is 31.7 Å². The molecule has 3 aromatic rings. The molecule has 0 saturated carbocycles. The van der Waals surface area contributed by atoms with Crippen molar-refractivity contribution in [1.29, 1.82) is 0 Å². The Labute approximate surface area is 146 Å². The van der Waals surface area contributed by atoms with Gasteiger partial charge in [-0.15, -0.1) is 20.4 Å². The van der Waals surface area contributed by atoms with E-state index in [0.29, 0.717) is 27.3 Å². The third-order valence-corrected chi connectivity index (χ3v) is 4.44. The number of nitro groups is 1. The van der Waals surface area contributed by atoms with Crippen LogP contribution in [0.2, 0.25) is 0 Å². The molecule has 0 N–H and O–H groups in total. The summed E-state index contributed by atoms with van der Waals surface area (Å²) in [6.45, 7) is 3.56. The highest BCUT2D eigenvalue weighted by Crippen LogP contribution is 2.33. The summed E-state index contributed by atoms with van der Waals surface area (Å²) < 4.78 is 3.26. The highest BCUT2D eigenvalue weighted by Gasteiger charge is 2.17. The standard InChI is InChI=1S/C14H14N8O2S/c1-9-17-18-10(2)21(9)16-7-11-4-5-13(12(6-11)22(23)24)25-14-19-15-8-20(14)3/h4-8H,1-3H3/b16-7-. The van der Waals surface area contributed by atoms with Gasteiger partial charge >= 0.3 is 0 Å². The number of nitro benzene ring substituents is 1. The monoisotopic (exact) mass is 358 g/mol. The quantitative estimate of drug-likeness (QED) is 0.389. The largest absolute Gasteiger partial charge is 0.311 e. The minimum absolute atomic E-state index is 0.0193. The zero-order valence-electron chi connectivity index (χ0n) is 13.7. The van der Waals surface area contributed by atoms with Crippen molar-refractivity contribution in [2.24, 2.45) is 12.1 Å². The molecule has 0 aliphatic heterocycles. The van der Waals surface area contributed by atoms with Crippen LogP contribution in [-0.4, -0.2) is 40.8 Å². The zero-order chi connectivity index (χ0) is 18.0. The van der Waals surface area contributed by atoms with Crippen LogP contribution in [-0.2, 0) is 7.05 Å². The Hall–Kier alpha value is -3.08. The van der Waals surface area contributed by atoms with Gasteiger partial charge in [0.05, 0.1) is 16.0 Å². The highest BCUT2D eigenvalue weighted by molar-refractivity contribution is 7.99. The van der Waals surface area contributed by atoms with Crippen LogP contribution in [0, 0.1) is 24.0 Å². The Bertz CT molecular complexity index is 942. The van der Waals surface area contributed by atoms with Crippen molar-refractivity contribution in [3.05, 3.63) is 51.9 Å². The molecule has 11 heteroatoms. The summed E-state index contributed by atoms with van der Waals surface area (Å²) in [5, 5.41) is 31.8. The molecule has 0 radical (unpaired) electrons. The zero-order valence-corrected chi connectivity index (χ0v) is 14.5. The molecule has 2 heterocycles. The number of nitrogens with zero attached hydrogens (tertiary/aromatic N) is 8. The smallest absolute Gasteiger partial charge is 0.283 e. The number of aryl methyl sites for hydroxylation is 3. The second kappa shape index (κ2) is 6.81. The van der Waals surface area contributed by atoms with Crippen molar-refractivity contribution in [3.63, 3.8) is 0 Å². The van der Waals surface area contributed by atoms with E-state index in [0.717, 1.165) is 0 Å². The van der Waals surface area contributed by atoms with E-state index in [1.54, 1.807) is 48.6 Å². The van der Waals surface area contributed by atoms with Crippen molar-refractivity contribution < 1.29 is 4.92 Å². The first-order valence-corrected chi connectivity index (χ1v) is 8.00. The third-order valence-electron chi connectivity index (χ3n) is 3.33. The number of aromatic nitrogens is 6. The van der Waals surface area contributed by atoms with Gasteiger partial charge in [-0.25, -0.2) is 4.68 Å². The maximum atomic E-state index is 11.4. The predicted molar refractivity (Wildman–Crippen MR) is 90.7 cm³/mol. The van der Waals surface area contributed by atoms with Gasteiger partial charge in [-0.1, -0.05) is 6.07 Å². The second-order valence-corrected chi connectivity index (χ2v) is 6.17. The summed E-state index contributed by atoms with van der Waals surface area (Å²) in [4.78, 5) is 11.5. The lowest BCUT2D eigenvalue weighted by Crippen LogP contribution is -1.98. The van der Waals surface area contributed by atoms with Gasteiger partial charge in [-0.2, -0.15) is 5.10 Å². The first kappa shape index (κ1) is 16.8. The summed E-state index contributed by atoms with van der Waals surface area (Å²) in [5.74, 6) is 1.27. The molecule has 2 aromatic heterocycles. The molecule has 10 nitrogen and oxygen atoms in total. The fourth-order valence-corrected chi connectivity index (χ4v) is 2.91. The molecular formula is C14H14N8O2S. The molecular weight excluding hydrogens is 344 g/mol. The van der Waals surface area contributed by atoms with Gasteiger partial charge in [0.15, 0.2) is 16.8 Å². The first-order chi connectivity index (χ1) is 12.0. The van der Waals surface area contributed by atoms with E-state index in [1.165, 1.54) is 24.0 Å². The molecule has 0 aliphatic rings. The average molecular weight is 358 g/mol. The fourth-order valence-electron chi connectivity index (χ4n) is 2.06. The molecule has 0 spiro atoms. The molecule has 3 rings (SSSR count). The van der Waals surface area contributed by atoms with Crippen molar-refractivity contribution in [2.75, 3.05) is 0 Å². The first-order valence-electron chi connectivity index (χ1n) is 7.19. The van der Waals surface area contributed by atoms with Gasteiger partial charge in [0.2, 0.25) is 0 Å². The van der Waals surface area contributed by atoms with E-state index in [9.17, 15) is 10.1 Å². The number of rotatable bonds is 5. The van der Waals surface area contributed by atoms with Crippen molar-refractivity contribution in [2.45, 2.75) is 23.9 Å². The number of hydrogen-bond donors (Lipinski definition) is 0. The molecule has 0 saturated heterocycles. The van der Waals surface area contributed by atoms with Crippen LogP contribution in [0.4, 0.5) is 5.69 Å². The molecule has 0 unspecified atom stereocenters. The predicted octanol–water partition coefficient (Wildman–Crippen LogP) is 1.97. The van der Waals surface area contributed by atoms with Crippen molar-refractivity contribution >= 4 is 23.7 Å². The molecule has 1 aromatic carbocycles. The van der Waals surface area contributed by atoms with Crippen LogP contribution in [0.15, 0.2) is 39.7 Å². The van der Waals surface area contributed by atoms with E-state index >= 15 is 0 Å². The topological polar surface area (TPSA) is 117 Å². The summed E-state index contributed by atoms with van der Waals surface area (Å²) in [5.41, 5.74) is 0.579. The molecule has 0 atom stereocenters. The van der Waals surface area contributed by atoms with Crippen molar-refractivity contribution in [1.82, 2.24) is 29.6 Å². The lowest BCUT2D eigenvalue weighted by molar-refractivity contribution is -0.387. The van der Waals surface area contributed by atoms with Gasteiger partial charge in [-0.3, -0.25) is 10.1 Å². The van der Waals surface area contributed by atoms with E-state index in [4.69, 9.17) is 0 Å². The lowest BCUT2D eigenvalue weighted by atomic mass is 10.2. The average Bonchev–Trinajstić information content (AvgIpc) is 3.12. The van der Waals surface area contributed by atoms with E-state index < -0.39 is 4.92 Å². The maximum Gasteiger partial charge on any atom is 0.283 e. The third kappa shape index (κ3) is 3.55. The molecule has 0 fully saturated rings. The Morgan fingerprint density at radius 3 is 2.56 bits per heavy atom. The number of hydrogen-bond acceptors (Lipinski definition) is 8.